The number of carboxylic acid groups (broad SMARTS) is 1. The first-order valence-electron chi connectivity index (χ1n) is 7.26. The number of hydrogen-bond donors (Lipinski definition) is 1. The second-order valence-electron chi connectivity index (χ2n) is 5.40. The molecule has 1 saturated carbocycles. The fourth-order valence-corrected chi connectivity index (χ4v) is 4.79. The third-order valence-corrected chi connectivity index (χ3v) is 5.89. The van der Waals surface area contributed by atoms with Crippen molar-refractivity contribution < 1.29 is 18.3 Å². The van der Waals surface area contributed by atoms with E-state index in [0.29, 0.717) is 12.1 Å². The highest BCUT2D eigenvalue weighted by Crippen LogP contribution is 2.26. The lowest BCUT2D eigenvalue weighted by atomic mass is 10.1. The van der Waals surface area contributed by atoms with Crippen molar-refractivity contribution in [2.45, 2.75) is 44.4 Å². The minimum Gasteiger partial charge on any atom is -0.478 e. The van der Waals surface area contributed by atoms with Gasteiger partial charge in [-0.05, 0) is 30.5 Å². The van der Waals surface area contributed by atoms with E-state index in [0.717, 1.165) is 25.7 Å². The Hall–Kier alpha value is -1.40. The average Bonchev–Trinajstić information content (AvgIpc) is 2.92. The highest BCUT2D eigenvalue weighted by Gasteiger charge is 2.30. The van der Waals surface area contributed by atoms with Crippen LogP contribution in [0.25, 0.3) is 0 Å². The van der Waals surface area contributed by atoms with Gasteiger partial charge in [0.2, 0.25) is 10.0 Å². The van der Waals surface area contributed by atoms with Crippen molar-refractivity contribution in [1.82, 2.24) is 4.31 Å². The topological polar surface area (TPSA) is 74.7 Å². The summed E-state index contributed by atoms with van der Waals surface area (Å²) in [5.74, 6) is -1.18. The zero-order valence-electron chi connectivity index (χ0n) is 12.2. The molecule has 0 saturated heterocycles. The van der Waals surface area contributed by atoms with Gasteiger partial charge in [-0.25, -0.2) is 13.2 Å². The van der Waals surface area contributed by atoms with Gasteiger partial charge >= 0.3 is 5.97 Å². The van der Waals surface area contributed by atoms with Crippen molar-refractivity contribution in [2.24, 2.45) is 0 Å². The zero-order valence-corrected chi connectivity index (χ0v) is 13.0. The largest absolute Gasteiger partial charge is 0.478 e. The number of hydrogen-bond acceptors (Lipinski definition) is 3. The average molecular weight is 311 g/mol. The standard InChI is InChI=1S/C15H21NO4S/c1-2-16(14-8-3-4-9-14)21(19,20)11-12-6-5-7-13(10-12)15(17)18/h5-7,10,14H,2-4,8-9,11H2,1H3,(H,17,18). The van der Waals surface area contributed by atoms with E-state index in [2.05, 4.69) is 0 Å². The molecule has 0 heterocycles. The highest BCUT2D eigenvalue weighted by molar-refractivity contribution is 7.88. The van der Waals surface area contributed by atoms with Gasteiger partial charge in [-0.15, -0.1) is 0 Å². The maximum atomic E-state index is 12.6. The lowest BCUT2D eigenvalue weighted by Crippen LogP contribution is -2.39. The Morgan fingerprint density at radius 3 is 2.57 bits per heavy atom. The van der Waals surface area contributed by atoms with Crippen LogP contribution >= 0.6 is 0 Å². The molecule has 0 unspecified atom stereocenters. The lowest BCUT2D eigenvalue weighted by Gasteiger charge is -2.26. The fourth-order valence-electron chi connectivity index (χ4n) is 2.96. The van der Waals surface area contributed by atoms with Crippen LogP contribution in [0.3, 0.4) is 0 Å². The van der Waals surface area contributed by atoms with Crippen LogP contribution in [0.1, 0.15) is 48.5 Å². The molecule has 0 aliphatic heterocycles. The molecule has 1 aromatic rings. The second kappa shape index (κ2) is 6.58. The number of benzene rings is 1. The molecule has 0 spiro atoms. The summed E-state index contributed by atoms with van der Waals surface area (Å²) in [5, 5.41) is 8.98. The summed E-state index contributed by atoms with van der Waals surface area (Å²) in [6.07, 6.45) is 3.99. The van der Waals surface area contributed by atoms with Crippen LogP contribution in [-0.4, -0.2) is 36.4 Å². The molecule has 1 aliphatic carbocycles. The smallest absolute Gasteiger partial charge is 0.335 e. The first kappa shape index (κ1) is 16.0. The summed E-state index contributed by atoms with van der Waals surface area (Å²) in [4.78, 5) is 11.0. The minimum atomic E-state index is -3.41. The Kier molecular flexibility index (Phi) is 5.00. The molecule has 0 atom stereocenters. The van der Waals surface area contributed by atoms with E-state index in [1.165, 1.54) is 12.1 Å². The summed E-state index contributed by atoms with van der Waals surface area (Å²) in [6.45, 7) is 2.31. The van der Waals surface area contributed by atoms with Crippen LogP contribution < -0.4 is 0 Å². The summed E-state index contributed by atoms with van der Waals surface area (Å²) >= 11 is 0. The molecule has 0 bridgehead atoms. The normalized spacial score (nSPS) is 16.5. The van der Waals surface area contributed by atoms with Crippen LogP contribution in [0.5, 0.6) is 0 Å². The maximum absolute atomic E-state index is 12.6. The Morgan fingerprint density at radius 2 is 2.00 bits per heavy atom. The van der Waals surface area contributed by atoms with Crippen molar-refractivity contribution in [3.63, 3.8) is 0 Å². The van der Waals surface area contributed by atoms with Crippen LogP contribution in [-0.2, 0) is 15.8 Å². The van der Waals surface area contributed by atoms with Gasteiger partial charge in [0.15, 0.2) is 0 Å². The summed E-state index contributed by atoms with van der Waals surface area (Å²) in [5.41, 5.74) is 0.637. The van der Waals surface area contributed by atoms with E-state index < -0.39 is 16.0 Å². The van der Waals surface area contributed by atoms with Crippen molar-refractivity contribution in [3.05, 3.63) is 35.4 Å². The zero-order chi connectivity index (χ0) is 15.5. The monoisotopic (exact) mass is 311 g/mol. The Balaban J connectivity index is 2.19. The van der Waals surface area contributed by atoms with Crippen LogP contribution in [0.15, 0.2) is 24.3 Å². The molecule has 1 N–H and O–H groups in total. The molecule has 116 valence electrons. The quantitative estimate of drug-likeness (QED) is 0.876. The Bertz CT molecular complexity index is 606. The first-order chi connectivity index (χ1) is 9.94. The van der Waals surface area contributed by atoms with E-state index in [1.807, 2.05) is 6.92 Å². The molecule has 0 aromatic heterocycles. The van der Waals surface area contributed by atoms with Gasteiger partial charge in [0.25, 0.3) is 0 Å². The van der Waals surface area contributed by atoms with Gasteiger partial charge in [-0.1, -0.05) is 31.9 Å². The van der Waals surface area contributed by atoms with E-state index in [4.69, 9.17) is 5.11 Å². The molecule has 1 fully saturated rings. The van der Waals surface area contributed by atoms with E-state index in [1.54, 1.807) is 16.4 Å². The number of rotatable bonds is 6. The number of aromatic carboxylic acids is 1. The number of sulfonamides is 1. The second-order valence-corrected chi connectivity index (χ2v) is 7.32. The van der Waals surface area contributed by atoms with E-state index >= 15 is 0 Å². The molecular weight excluding hydrogens is 290 g/mol. The summed E-state index contributed by atoms with van der Waals surface area (Å²) in [6, 6.07) is 6.24. The van der Waals surface area contributed by atoms with Crippen LogP contribution in [0, 0.1) is 0 Å². The predicted octanol–water partition coefficient (Wildman–Crippen LogP) is 2.48. The van der Waals surface area contributed by atoms with Gasteiger partial charge in [0.1, 0.15) is 0 Å². The van der Waals surface area contributed by atoms with Gasteiger partial charge in [-0.3, -0.25) is 0 Å². The van der Waals surface area contributed by atoms with E-state index in [-0.39, 0.29) is 17.4 Å². The molecule has 21 heavy (non-hydrogen) atoms. The lowest BCUT2D eigenvalue weighted by molar-refractivity contribution is 0.0696. The van der Waals surface area contributed by atoms with Crippen molar-refractivity contribution in [3.8, 4) is 0 Å². The predicted molar refractivity (Wildman–Crippen MR) is 80.7 cm³/mol. The number of carbonyl (C=O) groups is 1. The molecule has 1 aromatic carbocycles. The van der Waals surface area contributed by atoms with Gasteiger partial charge in [0.05, 0.1) is 11.3 Å². The SMILES string of the molecule is CCN(C1CCCC1)S(=O)(=O)Cc1cccc(C(=O)O)c1. The third-order valence-electron chi connectivity index (χ3n) is 3.92. The number of nitrogens with zero attached hydrogens (tertiary/aromatic N) is 1. The summed E-state index contributed by atoms with van der Waals surface area (Å²) < 4.78 is 26.7. The molecule has 2 rings (SSSR count). The molecule has 0 amide bonds. The van der Waals surface area contributed by atoms with Gasteiger partial charge in [0, 0.05) is 12.6 Å². The van der Waals surface area contributed by atoms with Gasteiger partial charge in [-0.2, -0.15) is 4.31 Å². The highest BCUT2D eigenvalue weighted by atomic mass is 32.2. The third kappa shape index (κ3) is 3.83. The minimum absolute atomic E-state index is 0.0997. The summed E-state index contributed by atoms with van der Waals surface area (Å²) in [7, 11) is -3.41. The molecule has 0 radical (unpaired) electrons. The number of carboxylic acids is 1. The van der Waals surface area contributed by atoms with Crippen molar-refractivity contribution in [2.75, 3.05) is 6.54 Å². The van der Waals surface area contributed by atoms with Gasteiger partial charge < -0.3 is 5.11 Å². The fraction of sp³-hybridized carbons (Fsp3) is 0.533. The maximum Gasteiger partial charge on any atom is 0.335 e. The molecule has 1 aliphatic rings. The first-order valence-corrected chi connectivity index (χ1v) is 8.86. The molecule has 5 nitrogen and oxygen atoms in total. The molecular formula is C15H21NO4S. The van der Waals surface area contributed by atoms with Crippen molar-refractivity contribution in [1.29, 1.82) is 0 Å². The van der Waals surface area contributed by atoms with Crippen LogP contribution in [0.2, 0.25) is 0 Å². The van der Waals surface area contributed by atoms with Crippen LogP contribution in [0.4, 0.5) is 0 Å². The molecule has 6 heteroatoms. The van der Waals surface area contributed by atoms with Crippen molar-refractivity contribution >= 4 is 16.0 Å². The Labute approximate surface area is 125 Å². The Morgan fingerprint density at radius 1 is 1.33 bits per heavy atom. The van der Waals surface area contributed by atoms with E-state index in [9.17, 15) is 13.2 Å².